The number of aryl methyl sites for hydroxylation is 2. The standard InChI is InChI=1S/C12H18N2OS/c1-9-4-5-11(10(2)8-9)15-7-6-14-12(16)13-3/h4-5,8H,6-7H2,1-3H3,(H2,13,14,16). The first-order chi connectivity index (χ1) is 7.63. The van der Waals surface area contributed by atoms with Gasteiger partial charge in [0, 0.05) is 7.05 Å². The van der Waals surface area contributed by atoms with Crippen molar-refractivity contribution in [2.24, 2.45) is 0 Å². The molecule has 0 amide bonds. The van der Waals surface area contributed by atoms with Gasteiger partial charge in [-0.2, -0.15) is 0 Å². The molecule has 1 aromatic rings. The zero-order valence-corrected chi connectivity index (χ0v) is 10.8. The van der Waals surface area contributed by atoms with E-state index in [1.807, 2.05) is 19.1 Å². The van der Waals surface area contributed by atoms with Crippen LogP contribution in [0, 0.1) is 13.8 Å². The zero-order valence-electron chi connectivity index (χ0n) is 9.96. The zero-order chi connectivity index (χ0) is 12.0. The smallest absolute Gasteiger partial charge is 0.166 e. The summed E-state index contributed by atoms with van der Waals surface area (Å²) >= 11 is 4.95. The van der Waals surface area contributed by atoms with Crippen LogP contribution in [-0.2, 0) is 0 Å². The lowest BCUT2D eigenvalue weighted by Crippen LogP contribution is -2.35. The average molecular weight is 238 g/mol. The van der Waals surface area contributed by atoms with E-state index in [0.717, 1.165) is 11.3 Å². The molecule has 16 heavy (non-hydrogen) atoms. The van der Waals surface area contributed by atoms with Gasteiger partial charge in [-0.1, -0.05) is 17.7 Å². The molecule has 0 aliphatic rings. The highest BCUT2D eigenvalue weighted by Gasteiger charge is 1.99. The van der Waals surface area contributed by atoms with E-state index in [-0.39, 0.29) is 0 Å². The molecule has 0 aliphatic carbocycles. The minimum absolute atomic E-state index is 0.603. The summed E-state index contributed by atoms with van der Waals surface area (Å²) in [6, 6.07) is 6.16. The van der Waals surface area contributed by atoms with Gasteiger partial charge in [0.05, 0.1) is 6.54 Å². The quantitative estimate of drug-likeness (QED) is 0.619. The highest BCUT2D eigenvalue weighted by molar-refractivity contribution is 7.80. The van der Waals surface area contributed by atoms with E-state index in [9.17, 15) is 0 Å². The summed E-state index contributed by atoms with van der Waals surface area (Å²) in [5.74, 6) is 0.933. The molecule has 0 atom stereocenters. The van der Waals surface area contributed by atoms with Gasteiger partial charge in [-0.05, 0) is 37.7 Å². The lowest BCUT2D eigenvalue weighted by molar-refractivity contribution is 0.320. The van der Waals surface area contributed by atoms with E-state index >= 15 is 0 Å². The number of nitrogens with one attached hydrogen (secondary N) is 2. The summed E-state index contributed by atoms with van der Waals surface area (Å²) in [5, 5.41) is 6.52. The second kappa shape index (κ2) is 6.33. The van der Waals surface area contributed by atoms with Crippen molar-refractivity contribution in [3.63, 3.8) is 0 Å². The maximum absolute atomic E-state index is 5.64. The van der Waals surface area contributed by atoms with Crippen molar-refractivity contribution in [3.05, 3.63) is 29.3 Å². The molecular formula is C12H18N2OS. The molecule has 4 heteroatoms. The normalized spacial score (nSPS) is 9.69. The maximum Gasteiger partial charge on any atom is 0.166 e. The highest BCUT2D eigenvalue weighted by Crippen LogP contribution is 2.18. The molecule has 0 bridgehead atoms. The van der Waals surface area contributed by atoms with Crippen molar-refractivity contribution in [2.45, 2.75) is 13.8 Å². The van der Waals surface area contributed by atoms with Gasteiger partial charge in [-0.25, -0.2) is 0 Å². The van der Waals surface area contributed by atoms with Crippen LogP contribution in [0.25, 0.3) is 0 Å². The van der Waals surface area contributed by atoms with Crippen molar-refractivity contribution in [1.29, 1.82) is 0 Å². The van der Waals surface area contributed by atoms with Crippen molar-refractivity contribution >= 4 is 17.3 Å². The van der Waals surface area contributed by atoms with Crippen LogP contribution in [0.1, 0.15) is 11.1 Å². The topological polar surface area (TPSA) is 33.3 Å². The molecule has 0 spiro atoms. The molecule has 0 heterocycles. The van der Waals surface area contributed by atoms with Crippen LogP contribution in [0.5, 0.6) is 5.75 Å². The maximum atomic E-state index is 5.64. The SMILES string of the molecule is CNC(=S)NCCOc1ccc(C)cc1C. The molecule has 0 radical (unpaired) electrons. The second-order valence-electron chi connectivity index (χ2n) is 3.62. The van der Waals surface area contributed by atoms with Crippen LogP contribution in [0.2, 0.25) is 0 Å². The van der Waals surface area contributed by atoms with Gasteiger partial charge in [0.1, 0.15) is 12.4 Å². The Hall–Kier alpha value is -1.29. The second-order valence-corrected chi connectivity index (χ2v) is 4.03. The first kappa shape index (κ1) is 12.8. The molecule has 2 N–H and O–H groups in total. The fraction of sp³-hybridized carbons (Fsp3) is 0.417. The van der Waals surface area contributed by atoms with Crippen LogP contribution in [0.15, 0.2) is 18.2 Å². The van der Waals surface area contributed by atoms with Crippen molar-refractivity contribution in [3.8, 4) is 5.75 Å². The average Bonchev–Trinajstić information content (AvgIpc) is 2.26. The minimum Gasteiger partial charge on any atom is -0.491 e. The van der Waals surface area contributed by atoms with Gasteiger partial charge < -0.3 is 15.4 Å². The van der Waals surface area contributed by atoms with Gasteiger partial charge in [0.15, 0.2) is 5.11 Å². The van der Waals surface area contributed by atoms with Gasteiger partial charge in [-0.3, -0.25) is 0 Å². The molecule has 0 unspecified atom stereocenters. The number of benzene rings is 1. The van der Waals surface area contributed by atoms with Gasteiger partial charge in [0.2, 0.25) is 0 Å². The molecule has 0 aromatic heterocycles. The fourth-order valence-corrected chi connectivity index (χ4v) is 1.48. The summed E-state index contributed by atoms with van der Waals surface area (Å²) in [5.41, 5.74) is 2.41. The van der Waals surface area contributed by atoms with Crippen molar-refractivity contribution < 1.29 is 4.74 Å². The van der Waals surface area contributed by atoms with E-state index in [0.29, 0.717) is 18.3 Å². The first-order valence-electron chi connectivity index (χ1n) is 5.29. The Kier molecular flexibility index (Phi) is 5.05. The van der Waals surface area contributed by atoms with Gasteiger partial charge in [0.25, 0.3) is 0 Å². The van der Waals surface area contributed by atoms with E-state index in [1.54, 1.807) is 7.05 Å². The Morgan fingerprint density at radius 2 is 2.12 bits per heavy atom. The number of ether oxygens (including phenoxy) is 1. The molecule has 0 aliphatic heterocycles. The summed E-state index contributed by atoms with van der Waals surface area (Å²) in [6.45, 7) is 5.43. The van der Waals surface area contributed by atoms with E-state index in [1.165, 1.54) is 5.56 Å². The first-order valence-corrected chi connectivity index (χ1v) is 5.70. The Balaban J connectivity index is 2.35. The van der Waals surface area contributed by atoms with Gasteiger partial charge in [-0.15, -0.1) is 0 Å². The lowest BCUT2D eigenvalue weighted by Gasteiger charge is -2.11. The summed E-state index contributed by atoms with van der Waals surface area (Å²) in [6.07, 6.45) is 0. The van der Waals surface area contributed by atoms with Crippen LogP contribution < -0.4 is 15.4 Å². The molecule has 1 rings (SSSR count). The third kappa shape index (κ3) is 4.06. The fourth-order valence-electron chi connectivity index (χ4n) is 1.38. The van der Waals surface area contributed by atoms with E-state index < -0.39 is 0 Å². The summed E-state index contributed by atoms with van der Waals surface area (Å²) in [7, 11) is 1.79. The van der Waals surface area contributed by atoms with Crippen LogP contribution in [0.3, 0.4) is 0 Å². The molecule has 0 saturated heterocycles. The Bertz CT molecular complexity index is 366. The summed E-state index contributed by atoms with van der Waals surface area (Å²) in [4.78, 5) is 0. The third-order valence-electron chi connectivity index (χ3n) is 2.20. The molecule has 0 saturated carbocycles. The number of rotatable bonds is 4. The minimum atomic E-state index is 0.603. The third-order valence-corrected chi connectivity index (χ3v) is 2.55. The van der Waals surface area contributed by atoms with E-state index in [2.05, 4.69) is 23.6 Å². The number of hydrogen-bond acceptors (Lipinski definition) is 2. The lowest BCUT2D eigenvalue weighted by atomic mass is 10.1. The monoisotopic (exact) mass is 238 g/mol. The highest BCUT2D eigenvalue weighted by atomic mass is 32.1. The molecule has 1 aromatic carbocycles. The van der Waals surface area contributed by atoms with E-state index in [4.69, 9.17) is 17.0 Å². The predicted octanol–water partition coefficient (Wildman–Crippen LogP) is 1.78. The Labute approximate surface area is 102 Å². The van der Waals surface area contributed by atoms with Crippen LogP contribution in [-0.4, -0.2) is 25.3 Å². The van der Waals surface area contributed by atoms with Crippen LogP contribution in [0.4, 0.5) is 0 Å². The molecule has 88 valence electrons. The van der Waals surface area contributed by atoms with Crippen molar-refractivity contribution in [2.75, 3.05) is 20.2 Å². The molecule has 3 nitrogen and oxygen atoms in total. The van der Waals surface area contributed by atoms with Crippen LogP contribution >= 0.6 is 12.2 Å². The molecular weight excluding hydrogens is 220 g/mol. The molecule has 0 fully saturated rings. The Morgan fingerprint density at radius 1 is 1.38 bits per heavy atom. The predicted molar refractivity (Wildman–Crippen MR) is 71.1 cm³/mol. The number of thiocarbonyl (C=S) groups is 1. The Morgan fingerprint density at radius 3 is 2.75 bits per heavy atom. The summed E-state index contributed by atoms with van der Waals surface area (Å²) < 4.78 is 5.64. The number of hydrogen-bond donors (Lipinski definition) is 2. The largest absolute Gasteiger partial charge is 0.491 e. The van der Waals surface area contributed by atoms with Gasteiger partial charge >= 0.3 is 0 Å². The van der Waals surface area contributed by atoms with Crippen molar-refractivity contribution in [1.82, 2.24) is 10.6 Å².